The number of nitrogens with one attached hydrogen (secondary N) is 1. The van der Waals surface area contributed by atoms with Crippen LogP contribution in [-0.2, 0) is 11.2 Å². The SMILES string of the molecule is CCN(CC)CCN1C(=O)N2C(c3cccc(O)c3)c3[nH]c4ccc(Cl)cc4c3CC2(C)C1=O. The van der Waals surface area contributed by atoms with Gasteiger partial charge in [0.1, 0.15) is 17.3 Å². The minimum Gasteiger partial charge on any atom is -0.508 e. The van der Waals surface area contributed by atoms with Crippen LogP contribution in [0.3, 0.4) is 0 Å². The number of hydrogen-bond donors (Lipinski definition) is 2. The van der Waals surface area contributed by atoms with Crippen LogP contribution in [0, 0.1) is 0 Å². The second-order valence-electron chi connectivity index (χ2n) is 9.29. The number of phenols is 1. The highest BCUT2D eigenvalue weighted by atomic mass is 35.5. The molecular weight excluding hydrogens is 452 g/mol. The number of fused-ring (bicyclic) bond motifs is 4. The van der Waals surface area contributed by atoms with Gasteiger partial charge in [0.2, 0.25) is 0 Å². The second-order valence-corrected chi connectivity index (χ2v) is 9.73. The number of amides is 3. The fourth-order valence-corrected chi connectivity index (χ4v) is 5.68. The number of benzene rings is 2. The molecule has 0 spiro atoms. The molecule has 3 aromatic rings. The summed E-state index contributed by atoms with van der Waals surface area (Å²) in [6.45, 7) is 8.69. The van der Waals surface area contributed by atoms with Crippen molar-refractivity contribution in [2.45, 2.75) is 38.8 Å². The van der Waals surface area contributed by atoms with Gasteiger partial charge in [0.25, 0.3) is 5.91 Å². The van der Waals surface area contributed by atoms with E-state index in [1.165, 1.54) is 4.90 Å². The van der Waals surface area contributed by atoms with Gasteiger partial charge in [-0.2, -0.15) is 0 Å². The number of carbonyl (C=O) groups is 2. The first-order valence-corrected chi connectivity index (χ1v) is 12.1. The largest absolute Gasteiger partial charge is 0.508 e. The summed E-state index contributed by atoms with van der Waals surface area (Å²) in [5.74, 6) is -0.0707. The molecule has 3 heterocycles. The summed E-state index contributed by atoms with van der Waals surface area (Å²) >= 11 is 6.32. The molecular formula is C26H29ClN4O3. The summed E-state index contributed by atoms with van der Waals surface area (Å²) in [5, 5.41) is 11.8. The van der Waals surface area contributed by atoms with E-state index in [1.807, 2.05) is 31.2 Å². The molecule has 0 bridgehead atoms. The number of halogens is 1. The Balaban J connectivity index is 1.65. The third-order valence-electron chi connectivity index (χ3n) is 7.35. The Morgan fingerprint density at radius 3 is 2.65 bits per heavy atom. The van der Waals surface area contributed by atoms with Crippen molar-refractivity contribution in [3.8, 4) is 5.75 Å². The first-order valence-electron chi connectivity index (χ1n) is 11.7. The Hall–Kier alpha value is -3.03. The van der Waals surface area contributed by atoms with E-state index >= 15 is 0 Å². The van der Waals surface area contributed by atoms with Crippen LogP contribution in [0.2, 0.25) is 5.02 Å². The van der Waals surface area contributed by atoms with Crippen molar-refractivity contribution in [2.24, 2.45) is 0 Å². The van der Waals surface area contributed by atoms with E-state index in [9.17, 15) is 14.7 Å². The van der Waals surface area contributed by atoms with E-state index < -0.39 is 11.6 Å². The standard InChI is InChI=1S/C26H29ClN4O3/c1-4-29(5-2)11-12-30-24(33)26(3)15-20-19-14-17(27)9-10-21(19)28-22(20)23(31(26)25(30)34)16-7-6-8-18(32)13-16/h6-10,13-14,23,28,32H,4-5,11-12,15H2,1-3H3. The summed E-state index contributed by atoms with van der Waals surface area (Å²) in [7, 11) is 0. The average Bonchev–Trinajstić information content (AvgIpc) is 3.25. The Kier molecular flexibility index (Phi) is 5.57. The molecule has 0 radical (unpaired) electrons. The molecule has 2 aromatic carbocycles. The number of nitrogens with zero attached hydrogens (tertiary/aromatic N) is 3. The molecule has 0 aliphatic carbocycles. The number of carbonyl (C=O) groups excluding carboxylic acids is 2. The minimum absolute atomic E-state index is 0.113. The Labute approximate surface area is 203 Å². The highest BCUT2D eigenvalue weighted by Gasteiger charge is 2.60. The first kappa shape index (κ1) is 22.7. The van der Waals surface area contributed by atoms with E-state index in [2.05, 4.69) is 23.7 Å². The number of imide groups is 1. The Bertz CT molecular complexity index is 1280. The monoisotopic (exact) mass is 480 g/mol. The first-order chi connectivity index (χ1) is 16.3. The lowest BCUT2D eigenvalue weighted by Crippen LogP contribution is -2.53. The summed E-state index contributed by atoms with van der Waals surface area (Å²) in [5.41, 5.74) is 2.45. The molecule has 1 fully saturated rings. The fraction of sp³-hybridized carbons (Fsp3) is 0.385. The zero-order chi connectivity index (χ0) is 24.2. The van der Waals surface area contributed by atoms with Gasteiger partial charge in [-0.05, 0) is 61.5 Å². The Morgan fingerprint density at radius 2 is 1.94 bits per heavy atom. The molecule has 1 saturated heterocycles. The van der Waals surface area contributed by atoms with E-state index in [0.29, 0.717) is 24.5 Å². The molecule has 2 unspecified atom stereocenters. The number of aromatic nitrogens is 1. The van der Waals surface area contributed by atoms with Gasteiger partial charge in [0.15, 0.2) is 0 Å². The normalized spacial score (nSPS) is 22.1. The third-order valence-corrected chi connectivity index (χ3v) is 7.58. The molecule has 2 aliphatic rings. The Morgan fingerprint density at radius 1 is 1.18 bits per heavy atom. The maximum Gasteiger partial charge on any atom is 0.328 e. The summed E-state index contributed by atoms with van der Waals surface area (Å²) < 4.78 is 0. The van der Waals surface area contributed by atoms with Crippen LogP contribution >= 0.6 is 11.6 Å². The van der Waals surface area contributed by atoms with Crippen molar-refractivity contribution in [3.63, 3.8) is 0 Å². The highest BCUT2D eigenvalue weighted by Crippen LogP contribution is 2.49. The highest BCUT2D eigenvalue weighted by molar-refractivity contribution is 6.31. The maximum absolute atomic E-state index is 13.8. The molecule has 2 aliphatic heterocycles. The van der Waals surface area contributed by atoms with Crippen molar-refractivity contribution in [1.82, 2.24) is 19.7 Å². The number of rotatable bonds is 6. The number of urea groups is 1. The second kappa shape index (κ2) is 8.32. The van der Waals surface area contributed by atoms with Crippen molar-refractivity contribution in [3.05, 3.63) is 64.3 Å². The van der Waals surface area contributed by atoms with Gasteiger partial charge in [0, 0.05) is 41.1 Å². The smallest absolute Gasteiger partial charge is 0.328 e. The molecule has 7 nitrogen and oxygen atoms in total. The van der Waals surface area contributed by atoms with Gasteiger partial charge in [-0.15, -0.1) is 0 Å². The molecule has 2 atom stereocenters. The summed E-state index contributed by atoms with van der Waals surface area (Å²) in [4.78, 5) is 36.4. The lowest BCUT2D eigenvalue weighted by Gasteiger charge is -2.42. The lowest BCUT2D eigenvalue weighted by atomic mass is 9.81. The van der Waals surface area contributed by atoms with Crippen LogP contribution in [0.1, 0.15) is 43.6 Å². The minimum atomic E-state index is -1.04. The summed E-state index contributed by atoms with van der Waals surface area (Å²) in [6, 6.07) is 11.7. The van der Waals surface area contributed by atoms with Gasteiger partial charge >= 0.3 is 6.03 Å². The number of aromatic amines is 1. The van der Waals surface area contributed by atoms with Gasteiger partial charge in [0.05, 0.1) is 0 Å². The van der Waals surface area contributed by atoms with Crippen LogP contribution in [0.4, 0.5) is 4.79 Å². The van der Waals surface area contributed by atoms with Crippen molar-refractivity contribution in [2.75, 3.05) is 26.2 Å². The van der Waals surface area contributed by atoms with Gasteiger partial charge < -0.3 is 15.0 Å². The van der Waals surface area contributed by atoms with Crippen LogP contribution in [0.5, 0.6) is 5.75 Å². The topological polar surface area (TPSA) is 79.9 Å². The van der Waals surface area contributed by atoms with Crippen LogP contribution in [0.15, 0.2) is 42.5 Å². The predicted molar refractivity (Wildman–Crippen MR) is 132 cm³/mol. The molecule has 1 aromatic heterocycles. The van der Waals surface area contributed by atoms with Crippen LogP contribution in [0.25, 0.3) is 10.9 Å². The number of aromatic hydroxyl groups is 1. The van der Waals surface area contributed by atoms with Gasteiger partial charge in [-0.3, -0.25) is 14.6 Å². The van der Waals surface area contributed by atoms with Crippen LogP contribution < -0.4 is 0 Å². The number of hydrogen-bond acceptors (Lipinski definition) is 4. The summed E-state index contributed by atoms with van der Waals surface area (Å²) in [6.07, 6.45) is 0.393. The number of H-pyrrole nitrogens is 1. The van der Waals surface area contributed by atoms with Crippen molar-refractivity contribution < 1.29 is 14.7 Å². The molecule has 0 saturated carbocycles. The fourth-order valence-electron chi connectivity index (χ4n) is 5.50. The van der Waals surface area contributed by atoms with Crippen LogP contribution in [-0.4, -0.2) is 68.4 Å². The molecule has 34 heavy (non-hydrogen) atoms. The molecule has 5 rings (SSSR count). The quantitative estimate of drug-likeness (QED) is 0.508. The molecule has 8 heteroatoms. The third kappa shape index (κ3) is 3.37. The molecule has 2 N–H and O–H groups in total. The van der Waals surface area contributed by atoms with E-state index in [-0.39, 0.29) is 17.7 Å². The molecule has 178 valence electrons. The van der Waals surface area contributed by atoms with E-state index in [4.69, 9.17) is 11.6 Å². The molecule has 3 amide bonds. The van der Waals surface area contributed by atoms with E-state index in [0.717, 1.165) is 40.8 Å². The zero-order valence-electron chi connectivity index (χ0n) is 19.6. The maximum atomic E-state index is 13.8. The van der Waals surface area contributed by atoms with Crippen molar-refractivity contribution in [1.29, 1.82) is 0 Å². The van der Waals surface area contributed by atoms with Gasteiger partial charge in [-0.1, -0.05) is 37.6 Å². The number of likely N-dealkylation sites (N-methyl/N-ethyl adjacent to an activating group) is 1. The van der Waals surface area contributed by atoms with E-state index in [1.54, 1.807) is 23.1 Å². The lowest BCUT2D eigenvalue weighted by molar-refractivity contribution is -0.133. The number of phenolic OH excluding ortho intramolecular Hbond substituents is 1. The average molecular weight is 481 g/mol. The van der Waals surface area contributed by atoms with Crippen molar-refractivity contribution >= 4 is 34.4 Å². The van der Waals surface area contributed by atoms with Gasteiger partial charge in [-0.25, -0.2) is 4.79 Å². The predicted octanol–water partition coefficient (Wildman–Crippen LogP) is 4.54. The zero-order valence-corrected chi connectivity index (χ0v) is 20.4.